The van der Waals surface area contributed by atoms with E-state index >= 15 is 0 Å². The number of likely N-dealkylation sites (tertiary alicyclic amines) is 1. The minimum atomic E-state index is -0.639. The van der Waals surface area contributed by atoms with Crippen molar-refractivity contribution < 1.29 is 9.90 Å². The molecule has 4 nitrogen and oxygen atoms in total. The van der Waals surface area contributed by atoms with E-state index < -0.39 is 5.97 Å². The van der Waals surface area contributed by atoms with Crippen LogP contribution in [0.15, 0.2) is 36.4 Å². The summed E-state index contributed by atoms with van der Waals surface area (Å²) in [5.41, 5.74) is 9.74. The number of allylic oxidation sites excluding steroid dienone is 1. The first-order valence-corrected chi connectivity index (χ1v) is 12.5. The summed E-state index contributed by atoms with van der Waals surface area (Å²) >= 11 is 0. The van der Waals surface area contributed by atoms with Crippen molar-refractivity contribution in [3.05, 3.63) is 69.8 Å². The summed E-state index contributed by atoms with van der Waals surface area (Å²) in [4.78, 5) is 16.2. The molecule has 2 heterocycles. The molecule has 2 aromatic carbocycles. The molecule has 2 aliphatic rings. The molecular formula is C29H38N2O2. The van der Waals surface area contributed by atoms with E-state index in [0.29, 0.717) is 5.92 Å². The largest absolute Gasteiger partial charge is 0.481 e. The maximum Gasteiger partial charge on any atom is 0.306 e. The smallest absolute Gasteiger partial charge is 0.306 e. The zero-order valence-electron chi connectivity index (χ0n) is 20.6. The highest BCUT2D eigenvalue weighted by atomic mass is 16.4. The molecule has 0 atom stereocenters. The molecule has 2 aliphatic heterocycles. The lowest BCUT2D eigenvalue weighted by molar-refractivity contribution is -0.143. The van der Waals surface area contributed by atoms with Crippen LogP contribution in [0.3, 0.4) is 0 Å². The number of hydrogen-bond donors (Lipinski definition) is 1. The molecule has 0 aliphatic carbocycles. The number of carboxylic acid groups (broad SMARTS) is 1. The molecule has 2 aromatic rings. The van der Waals surface area contributed by atoms with E-state index in [4.69, 9.17) is 0 Å². The van der Waals surface area contributed by atoms with Crippen molar-refractivity contribution in [2.24, 2.45) is 5.92 Å². The molecular weight excluding hydrogens is 408 g/mol. The number of hydrogen-bond acceptors (Lipinski definition) is 3. The van der Waals surface area contributed by atoms with Crippen molar-refractivity contribution in [1.82, 2.24) is 4.90 Å². The van der Waals surface area contributed by atoms with Crippen LogP contribution >= 0.6 is 0 Å². The highest BCUT2D eigenvalue weighted by Crippen LogP contribution is 2.37. The van der Waals surface area contributed by atoms with Gasteiger partial charge in [-0.15, -0.1) is 0 Å². The van der Waals surface area contributed by atoms with Crippen molar-refractivity contribution in [2.75, 3.05) is 31.1 Å². The van der Waals surface area contributed by atoms with Crippen LogP contribution in [0, 0.1) is 19.8 Å². The molecule has 0 amide bonds. The molecule has 0 spiro atoms. The molecule has 1 N–H and O–H groups in total. The number of benzene rings is 2. The van der Waals surface area contributed by atoms with Gasteiger partial charge in [0.1, 0.15) is 0 Å². The van der Waals surface area contributed by atoms with E-state index in [1.807, 2.05) is 0 Å². The van der Waals surface area contributed by atoms with Crippen LogP contribution in [0.4, 0.5) is 5.69 Å². The second-order valence-corrected chi connectivity index (χ2v) is 9.83. The van der Waals surface area contributed by atoms with Gasteiger partial charge in [-0.2, -0.15) is 0 Å². The summed E-state index contributed by atoms with van der Waals surface area (Å²) in [5, 5.41) is 9.25. The zero-order chi connectivity index (χ0) is 23.5. The van der Waals surface area contributed by atoms with Gasteiger partial charge in [-0.1, -0.05) is 43.3 Å². The van der Waals surface area contributed by atoms with Crippen LogP contribution in [0.25, 0.3) is 6.08 Å². The molecule has 0 radical (unpaired) electrons. The fourth-order valence-electron chi connectivity index (χ4n) is 5.50. The van der Waals surface area contributed by atoms with Crippen LogP contribution in [-0.4, -0.2) is 42.2 Å². The highest BCUT2D eigenvalue weighted by Gasteiger charge is 2.31. The van der Waals surface area contributed by atoms with Gasteiger partial charge in [0.2, 0.25) is 0 Å². The number of aliphatic carboxylic acids is 1. The van der Waals surface area contributed by atoms with E-state index in [9.17, 15) is 9.90 Å². The summed E-state index contributed by atoms with van der Waals surface area (Å²) in [6.07, 6.45) is 6.98. The molecule has 33 heavy (non-hydrogen) atoms. The number of aryl methyl sites for hydroxylation is 3. The van der Waals surface area contributed by atoms with E-state index in [1.165, 1.54) is 39.1 Å². The second kappa shape index (κ2) is 10.1. The first-order valence-electron chi connectivity index (χ1n) is 12.5. The van der Waals surface area contributed by atoms with Crippen molar-refractivity contribution in [3.8, 4) is 0 Å². The lowest BCUT2D eigenvalue weighted by Gasteiger charge is -2.43. The Morgan fingerprint density at radius 2 is 1.79 bits per heavy atom. The van der Waals surface area contributed by atoms with Crippen molar-refractivity contribution in [2.45, 2.75) is 59.4 Å². The molecule has 0 unspecified atom stereocenters. The van der Waals surface area contributed by atoms with E-state index in [-0.39, 0.29) is 5.92 Å². The third kappa shape index (κ3) is 5.01. The number of carbonyl (C=O) groups is 1. The number of anilines is 1. The second-order valence-electron chi connectivity index (χ2n) is 9.83. The van der Waals surface area contributed by atoms with Gasteiger partial charge in [0, 0.05) is 36.8 Å². The first kappa shape index (κ1) is 23.6. The quantitative estimate of drug-likeness (QED) is 0.584. The maximum atomic E-state index is 11.2. The number of nitrogens with zero attached hydrogens (tertiary/aromatic N) is 2. The molecule has 0 aromatic heterocycles. The predicted octanol–water partition coefficient (Wildman–Crippen LogP) is 5.80. The van der Waals surface area contributed by atoms with E-state index in [0.717, 1.165) is 52.0 Å². The molecule has 0 bridgehead atoms. The number of carboxylic acids is 1. The zero-order valence-corrected chi connectivity index (χ0v) is 20.6. The Kier molecular flexibility index (Phi) is 7.23. The fourth-order valence-corrected chi connectivity index (χ4v) is 5.50. The Labute approximate surface area is 198 Å². The summed E-state index contributed by atoms with van der Waals surface area (Å²) in [6.45, 7) is 13.6. The SMILES string of the molecule is C/C=C\c1c(CC)cccc1N1CC(c2cc(C)c(CN3CCC(C(=O)O)CC3)c(C)c2)C1. The summed E-state index contributed by atoms with van der Waals surface area (Å²) < 4.78 is 0. The van der Waals surface area contributed by atoms with Gasteiger partial charge in [0.25, 0.3) is 0 Å². The van der Waals surface area contributed by atoms with Crippen molar-refractivity contribution >= 4 is 17.7 Å². The summed E-state index contributed by atoms with van der Waals surface area (Å²) in [5.74, 6) is -0.231. The standard InChI is InChI=1S/C29H38N2O2/c1-5-8-26-22(6-2)9-7-10-28(26)31-17-25(18-31)24-15-20(3)27(21(4)16-24)19-30-13-11-23(12-14-30)29(32)33/h5,7-10,15-16,23,25H,6,11-14,17-19H2,1-4H3,(H,32,33)/b8-5-. The molecule has 2 fully saturated rings. The van der Waals surface area contributed by atoms with Crippen molar-refractivity contribution in [1.29, 1.82) is 0 Å². The van der Waals surface area contributed by atoms with Crippen molar-refractivity contribution in [3.63, 3.8) is 0 Å². The normalized spacial score (nSPS) is 18.1. The Morgan fingerprint density at radius 1 is 1.12 bits per heavy atom. The lowest BCUT2D eigenvalue weighted by Crippen LogP contribution is -2.45. The molecule has 4 heteroatoms. The van der Waals surface area contributed by atoms with E-state index in [1.54, 1.807) is 0 Å². The Hall–Kier alpha value is -2.59. The Bertz CT molecular complexity index is 1000. The summed E-state index contributed by atoms with van der Waals surface area (Å²) in [7, 11) is 0. The molecule has 4 rings (SSSR count). The number of piperidine rings is 1. The third-order valence-electron chi connectivity index (χ3n) is 7.62. The Morgan fingerprint density at radius 3 is 2.36 bits per heavy atom. The first-order chi connectivity index (χ1) is 15.9. The topological polar surface area (TPSA) is 43.8 Å². The third-order valence-corrected chi connectivity index (χ3v) is 7.62. The van der Waals surface area contributed by atoms with Gasteiger partial charge in [-0.3, -0.25) is 9.69 Å². The fraction of sp³-hybridized carbons (Fsp3) is 0.483. The van der Waals surface area contributed by atoms with Crippen LogP contribution in [0.5, 0.6) is 0 Å². The minimum absolute atomic E-state index is 0.168. The van der Waals surface area contributed by atoms with Gasteiger partial charge in [-0.25, -0.2) is 0 Å². The molecule has 176 valence electrons. The molecule has 0 saturated carbocycles. The van der Waals surface area contributed by atoms with Gasteiger partial charge >= 0.3 is 5.97 Å². The van der Waals surface area contributed by atoms with Crippen LogP contribution in [0.2, 0.25) is 0 Å². The monoisotopic (exact) mass is 446 g/mol. The van der Waals surface area contributed by atoms with Crippen LogP contribution in [-0.2, 0) is 17.8 Å². The average Bonchev–Trinajstić information content (AvgIpc) is 2.76. The minimum Gasteiger partial charge on any atom is -0.481 e. The van der Waals surface area contributed by atoms with Gasteiger partial charge in [0.15, 0.2) is 0 Å². The van der Waals surface area contributed by atoms with Gasteiger partial charge < -0.3 is 10.0 Å². The average molecular weight is 447 g/mol. The van der Waals surface area contributed by atoms with Crippen LogP contribution in [0.1, 0.15) is 66.0 Å². The van der Waals surface area contributed by atoms with E-state index in [2.05, 4.69) is 80.0 Å². The lowest BCUT2D eigenvalue weighted by atomic mass is 9.86. The van der Waals surface area contributed by atoms with Gasteiger partial charge in [-0.05, 0) is 87.0 Å². The Balaban J connectivity index is 1.43. The number of rotatable bonds is 7. The van der Waals surface area contributed by atoms with Crippen LogP contribution < -0.4 is 4.90 Å². The molecule has 2 saturated heterocycles. The summed E-state index contributed by atoms with van der Waals surface area (Å²) in [6, 6.07) is 11.5. The highest BCUT2D eigenvalue weighted by molar-refractivity contribution is 5.72. The predicted molar refractivity (Wildman–Crippen MR) is 137 cm³/mol. The maximum absolute atomic E-state index is 11.2. The van der Waals surface area contributed by atoms with Gasteiger partial charge in [0.05, 0.1) is 5.92 Å².